The van der Waals surface area contributed by atoms with Crippen molar-refractivity contribution >= 4 is 6.09 Å². The molecule has 0 radical (unpaired) electrons. The van der Waals surface area contributed by atoms with Crippen LogP contribution in [0.5, 0.6) is 11.5 Å². The largest absolute Gasteiger partial charge is 0.497 e. The second-order valence-electron chi connectivity index (χ2n) is 6.62. The molecule has 8 heteroatoms. The summed E-state index contributed by atoms with van der Waals surface area (Å²) in [5.74, 6) is 1.35. The Balaban J connectivity index is 1.58. The Labute approximate surface area is 161 Å². The van der Waals surface area contributed by atoms with E-state index in [0.29, 0.717) is 23.0 Å². The average molecular weight is 380 g/mol. The van der Waals surface area contributed by atoms with Gasteiger partial charge in [0.1, 0.15) is 11.5 Å². The van der Waals surface area contributed by atoms with Gasteiger partial charge in [0.2, 0.25) is 12.3 Å². The predicted octanol–water partition coefficient (Wildman–Crippen LogP) is 3.84. The molecule has 2 heterocycles. The van der Waals surface area contributed by atoms with Gasteiger partial charge in [-0.1, -0.05) is 12.8 Å². The first-order valence-corrected chi connectivity index (χ1v) is 9.10. The molecule has 1 aliphatic carbocycles. The average Bonchev–Trinajstić information content (AvgIpc) is 3.42. The lowest BCUT2D eigenvalue weighted by Gasteiger charge is -2.13. The van der Waals surface area contributed by atoms with E-state index in [2.05, 4.69) is 20.5 Å². The highest BCUT2D eigenvalue weighted by molar-refractivity contribution is 5.74. The van der Waals surface area contributed by atoms with Gasteiger partial charge < -0.3 is 19.2 Å². The van der Waals surface area contributed by atoms with Crippen LogP contribution in [0.4, 0.5) is 4.79 Å². The van der Waals surface area contributed by atoms with Gasteiger partial charge in [0.25, 0.3) is 0 Å². The summed E-state index contributed by atoms with van der Waals surface area (Å²) < 4.78 is 16.1. The fraction of sp³-hybridized carbons (Fsp3) is 0.300. The number of rotatable bonds is 5. The molecule has 0 aliphatic heterocycles. The third-order valence-corrected chi connectivity index (χ3v) is 4.68. The molecule has 0 saturated heterocycles. The molecule has 0 atom stereocenters. The third kappa shape index (κ3) is 4.11. The van der Waals surface area contributed by atoms with Gasteiger partial charge in [-0.15, -0.1) is 10.2 Å². The van der Waals surface area contributed by atoms with E-state index in [4.69, 9.17) is 13.9 Å². The number of pyridine rings is 1. The van der Waals surface area contributed by atoms with Crippen molar-refractivity contribution in [3.8, 4) is 34.1 Å². The number of hydrogen-bond acceptors (Lipinski definition) is 7. The molecule has 4 rings (SSSR count). The number of nitrogens with zero attached hydrogens (tertiary/aromatic N) is 3. The number of carbonyl (C=O) groups excluding carboxylic acids is 1. The highest BCUT2D eigenvalue weighted by Gasteiger charge is 2.18. The van der Waals surface area contributed by atoms with Crippen LogP contribution in [0.15, 0.2) is 47.5 Å². The molecule has 1 aromatic carbocycles. The Kier molecular flexibility index (Phi) is 5.18. The van der Waals surface area contributed by atoms with E-state index in [1.807, 2.05) is 12.1 Å². The van der Waals surface area contributed by atoms with Crippen molar-refractivity contribution in [1.82, 2.24) is 20.5 Å². The van der Waals surface area contributed by atoms with Crippen molar-refractivity contribution in [1.29, 1.82) is 0 Å². The van der Waals surface area contributed by atoms with Crippen molar-refractivity contribution in [2.75, 3.05) is 7.11 Å². The van der Waals surface area contributed by atoms with Gasteiger partial charge in [-0.05, 0) is 36.6 Å². The maximum atomic E-state index is 12.2. The van der Waals surface area contributed by atoms with Crippen LogP contribution < -0.4 is 14.8 Å². The number of amides is 1. The van der Waals surface area contributed by atoms with Crippen molar-refractivity contribution in [3.05, 3.63) is 43.1 Å². The summed E-state index contributed by atoms with van der Waals surface area (Å²) in [6, 6.07) is 7.35. The molecule has 144 valence electrons. The molecule has 1 amide bonds. The van der Waals surface area contributed by atoms with E-state index in [9.17, 15) is 4.79 Å². The molecule has 1 fully saturated rings. The van der Waals surface area contributed by atoms with E-state index in [-0.39, 0.29) is 6.04 Å². The number of nitrogens with one attached hydrogen (secondary N) is 1. The summed E-state index contributed by atoms with van der Waals surface area (Å²) in [4.78, 5) is 16.5. The molecule has 1 saturated carbocycles. The fourth-order valence-electron chi connectivity index (χ4n) is 3.30. The van der Waals surface area contributed by atoms with Crippen molar-refractivity contribution in [2.45, 2.75) is 31.7 Å². The minimum Gasteiger partial charge on any atom is -0.497 e. The highest BCUT2D eigenvalue weighted by Crippen LogP contribution is 2.31. The van der Waals surface area contributed by atoms with E-state index < -0.39 is 6.09 Å². The molecule has 28 heavy (non-hydrogen) atoms. The van der Waals surface area contributed by atoms with Crippen LogP contribution in [0.3, 0.4) is 0 Å². The first kappa shape index (κ1) is 18.0. The van der Waals surface area contributed by atoms with E-state index in [1.165, 1.54) is 6.39 Å². The Bertz CT molecular complexity index is 953. The zero-order chi connectivity index (χ0) is 19.3. The molecular formula is C20H20N4O4. The summed E-state index contributed by atoms with van der Waals surface area (Å²) in [6.07, 6.45) is 8.42. The molecule has 3 aromatic rings. The molecule has 0 spiro atoms. The van der Waals surface area contributed by atoms with Gasteiger partial charge in [0.05, 0.1) is 12.7 Å². The Morgan fingerprint density at radius 1 is 1.07 bits per heavy atom. The van der Waals surface area contributed by atoms with Crippen LogP contribution in [0.25, 0.3) is 22.6 Å². The molecule has 1 N–H and O–H groups in total. The van der Waals surface area contributed by atoms with E-state index in [1.54, 1.807) is 31.6 Å². The summed E-state index contributed by atoms with van der Waals surface area (Å²) in [5, 5.41) is 10.5. The second kappa shape index (κ2) is 8.08. The number of benzene rings is 1. The lowest BCUT2D eigenvalue weighted by Crippen LogP contribution is -2.34. The number of methoxy groups -OCH3 is 1. The number of aromatic nitrogens is 3. The van der Waals surface area contributed by atoms with Crippen LogP contribution in [0.2, 0.25) is 0 Å². The van der Waals surface area contributed by atoms with E-state index in [0.717, 1.165) is 36.8 Å². The molecular weight excluding hydrogens is 360 g/mol. The van der Waals surface area contributed by atoms with Crippen molar-refractivity contribution in [3.63, 3.8) is 0 Å². The number of ether oxygens (including phenoxy) is 2. The molecule has 1 aliphatic rings. The van der Waals surface area contributed by atoms with Gasteiger partial charge in [0.15, 0.2) is 0 Å². The Morgan fingerprint density at radius 2 is 1.86 bits per heavy atom. The van der Waals surface area contributed by atoms with Gasteiger partial charge in [-0.3, -0.25) is 4.98 Å². The van der Waals surface area contributed by atoms with Crippen LogP contribution in [-0.4, -0.2) is 34.4 Å². The normalized spacial score (nSPS) is 14.0. The predicted molar refractivity (Wildman–Crippen MR) is 101 cm³/mol. The first-order valence-electron chi connectivity index (χ1n) is 9.10. The monoisotopic (exact) mass is 380 g/mol. The molecule has 2 aromatic heterocycles. The molecule has 0 bridgehead atoms. The summed E-state index contributed by atoms with van der Waals surface area (Å²) >= 11 is 0. The molecule has 8 nitrogen and oxygen atoms in total. The number of carbonyl (C=O) groups is 1. The third-order valence-electron chi connectivity index (χ3n) is 4.68. The van der Waals surface area contributed by atoms with Crippen LogP contribution in [0, 0.1) is 0 Å². The topological polar surface area (TPSA) is 99.4 Å². The van der Waals surface area contributed by atoms with Crippen LogP contribution in [-0.2, 0) is 0 Å². The summed E-state index contributed by atoms with van der Waals surface area (Å²) in [5.41, 5.74) is 2.28. The van der Waals surface area contributed by atoms with Crippen LogP contribution >= 0.6 is 0 Å². The Hall–Kier alpha value is -3.42. The standard InChI is InChI=1S/C20H20N4O4/c1-26-17-7-13(14-6-15(11-21-10-14)19-24-22-12-27-19)8-18(9-17)28-20(25)23-16-4-2-3-5-16/h6-12,16H,2-5H2,1H3,(H,23,25). The highest BCUT2D eigenvalue weighted by atomic mass is 16.6. The maximum absolute atomic E-state index is 12.2. The lowest BCUT2D eigenvalue weighted by atomic mass is 10.1. The fourth-order valence-corrected chi connectivity index (χ4v) is 3.30. The number of hydrogen-bond donors (Lipinski definition) is 1. The van der Waals surface area contributed by atoms with Gasteiger partial charge in [0, 0.05) is 30.1 Å². The SMILES string of the molecule is COc1cc(OC(=O)NC2CCCC2)cc(-c2cncc(-c3nnco3)c2)c1. The minimum atomic E-state index is -0.455. The maximum Gasteiger partial charge on any atom is 0.412 e. The van der Waals surface area contributed by atoms with Gasteiger partial charge in [-0.2, -0.15) is 0 Å². The summed E-state index contributed by atoms with van der Waals surface area (Å²) in [7, 11) is 1.56. The zero-order valence-corrected chi connectivity index (χ0v) is 15.4. The van der Waals surface area contributed by atoms with Gasteiger partial charge >= 0.3 is 6.09 Å². The minimum absolute atomic E-state index is 0.188. The first-order chi connectivity index (χ1) is 13.7. The molecule has 0 unspecified atom stereocenters. The van der Waals surface area contributed by atoms with E-state index >= 15 is 0 Å². The Morgan fingerprint density at radius 3 is 2.61 bits per heavy atom. The van der Waals surface area contributed by atoms with Crippen molar-refractivity contribution in [2.24, 2.45) is 0 Å². The second-order valence-corrected chi connectivity index (χ2v) is 6.62. The smallest absolute Gasteiger partial charge is 0.412 e. The van der Waals surface area contributed by atoms with Crippen molar-refractivity contribution < 1.29 is 18.7 Å². The van der Waals surface area contributed by atoms with Gasteiger partial charge in [-0.25, -0.2) is 4.79 Å². The lowest BCUT2D eigenvalue weighted by molar-refractivity contribution is 0.196. The zero-order valence-electron chi connectivity index (χ0n) is 15.4. The summed E-state index contributed by atoms with van der Waals surface area (Å²) in [6.45, 7) is 0. The van der Waals surface area contributed by atoms with Crippen LogP contribution in [0.1, 0.15) is 25.7 Å². The quantitative estimate of drug-likeness (QED) is 0.718.